The molecular formula is C14H12F2O3S2. The molecule has 0 aliphatic heterocycles. The first-order chi connectivity index (χ1) is 9.93. The SMILES string of the molecule is COc1ccc(Sc2ccc(S(=O)(=O)C(F)F)cc2)cc1. The molecule has 0 radical (unpaired) electrons. The Balaban J connectivity index is 2.15. The minimum Gasteiger partial charge on any atom is -0.497 e. The zero-order valence-electron chi connectivity index (χ0n) is 11.0. The fraction of sp³-hybridized carbons (Fsp3) is 0.143. The first-order valence-electron chi connectivity index (χ1n) is 5.87. The molecule has 2 rings (SSSR count). The predicted molar refractivity (Wildman–Crippen MR) is 76.7 cm³/mol. The number of rotatable bonds is 5. The van der Waals surface area contributed by atoms with Crippen LogP contribution in [0.4, 0.5) is 8.78 Å². The van der Waals surface area contributed by atoms with Crippen LogP contribution in [-0.2, 0) is 9.84 Å². The van der Waals surface area contributed by atoms with Crippen LogP contribution in [0, 0.1) is 0 Å². The number of hydrogen-bond donors (Lipinski definition) is 0. The number of benzene rings is 2. The fourth-order valence-corrected chi connectivity index (χ4v) is 3.12. The molecule has 112 valence electrons. The Hall–Kier alpha value is -1.60. The summed E-state index contributed by atoms with van der Waals surface area (Å²) in [6, 6.07) is 12.7. The van der Waals surface area contributed by atoms with Gasteiger partial charge in [0.15, 0.2) is 0 Å². The van der Waals surface area contributed by atoms with Crippen molar-refractivity contribution in [2.75, 3.05) is 7.11 Å². The summed E-state index contributed by atoms with van der Waals surface area (Å²) in [6.45, 7) is 0. The van der Waals surface area contributed by atoms with Crippen LogP contribution in [0.5, 0.6) is 5.75 Å². The van der Waals surface area contributed by atoms with Crippen molar-refractivity contribution < 1.29 is 21.9 Å². The Morgan fingerprint density at radius 1 is 0.952 bits per heavy atom. The van der Waals surface area contributed by atoms with E-state index in [4.69, 9.17) is 4.74 Å². The molecular weight excluding hydrogens is 318 g/mol. The highest BCUT2D eigenvalue weighted by Crippen LogP contribution is 2.30. The molecule has 0 heterocycles. The Morgan fingerprint density at radius 3 is 1.86 bits per heavy atom. The number of alkyl halides is 2. The highest BCUT2D eigenvalue weighted by Gasteiger charge is 2.26. The van der Waals surface area contributed by atoms with E-state index in [9.17, 15) is 17.2 Å². The molecule has 7 heteroatoms. The van der Waals surface area contributed by atoms with E-state index in [0.29, 0.717) is 0 Å². The van der Waals surface area contributed by atoms with Crippen molar-refractivity contribution in [3.8, 4) is 5.75 Å². The molecule has 0 aliphatic carbocycles. The lowest BCUT2D eigenvalue weighted by Gasteiger charge is -2.06. The van der Waals surface area contributed by atoms with Gasteiger partial charge < -0.3 is 4.74 Å². The summed E-state index contributed by atoms with van der Waals surface area (Å²) in [5, 5.41) is 0. The summed E-state index contributed by atoms with van der Waals surface area (Å²) < 4.78 is 52.5. The second-order valence-electron chi connectivity index (χ2n) is 4.05. The Morgan fingerprint density at radius 2 is 1.43 bits per heavy atom. The van der Waals surface area contributed by atoms with Crippen LogP contribution < -0.4 is 4.74 Å². The number of ether oxygens (including phenoxy) is 1. The Bertz CT molecular complexity index is 696. The van der Waals surface area contributed by atoms with Gasteiger partial charge in [-0.15, -0.1) is 0 Å². The molecule has 2 aromatic carbocycles. The van der Waals surface area contributed by atoms with E-state index in [1.807, 2.05) is 12.1 Å². The lowest BCUT2D eigenvalue weighted by atomic mass is 10.3. The number of sulfone groups is 1. The van der Waals surface area contributed by atoms with Crippen LogP contribution in [0.25, 0.3) is 0 Å². The zero-order chi connectivity index (χ0) is 15.5. The minimum atomic E-state index is -4.53. The van der Waals surface area contributed by atoms with Crippen molar-refractivity contribution in [2.24, 2.45) is 0 Å². The summed E-state index contributed by atoms with van der Waals surface area (Å²) >= 11 is 1.40. The maximum absolute atomic E-state index is 12.4. The van der Waals surface area contributed by atoms with Crippen molar-refractivity contribution >= 4 is 21.6 Å². The van der Waals surface area contributed by atoms with Crippen LogP contribution in [0.15, 0.2) is 63.2 Å². The van der Waals surface area contributed by atoms with Gasteiger partial charge in [0.05, 0.1) is 12.0 Å². The average molecular weight is 330 g/mol. The van der Waals surface area contributed by atoms with Gasteiger partial charge in [-0.2, -0.15) is 8.78 Å². The first-order valence-corrected chi connectivity index (χ1v) is 8.24. The van der Waals surface area contributed by atoms with Crippen LogP contribution in [0.1, 0.15) is 0 Å². The lowest BCUT2D eigenvalue weighted by molar-refractivity contribution is 0.234. The zero-order valence-corrected chi connectivity index (χ0v) is 12.6. The van der Waals surface area contributed by atoms with Gasteiger partial charge in [0.25, 0.3) is 0 Å². The summed E-state index contributed by atoms with van der Waals surface area (Å²) in [7, 11) is -2.96. The van der Waals surface area contributed by atoms with Gasteiger partial charge in [-0.1, -0.05) is 11.8 Å². The molecule has 0 saturated carbocycles. The predicted octanol–water partition coefficient (Wildman–Crippen LogP) is 3.84. The van der Waals surface area contributed by atoms with E-state index in [2.05, 4.69) is 0 Å². The molecule has 0 amide bonds. The van der Waals surface area contributed by atoms with Gasteiger partial charge in [0.2, 0.25) is 9.84 Å². The van der Waals surface area contributed by atoms with E-state index in [1.54, 1.807) is 19.2 Å². The molecule has 0 aliphatic rings. The molecule has 0 aromatic heterocycles. The van der Waals surface area contributed by atoms with Gasteiger partial charge in [0, 0.05) is 9.79 Å². The van der Waals surface area contributed by atoms with E-state index in [0.717, 1.165) is 15.5 Å². The van der Waals surface area contributed by atoms with Gasteiger partial charge in [-0.3, -0.25) is 0 Å². The van der Waals surface area contributed by atoms with Crippen LogP contribution in [-0.4, -0.2) is 21.3 Å². The molecule has 0 unspecified atom stereocenters. The summed E-state index contributed by atoms with van der Waals surface area (Å²) in [6.07, 6.45) is 0. The fourth-order valence-electron chi connectivity index (χ4n) is 1.58. The maximum atomic E-state index is 12.4. The van der Waals surface area contributed by atoms with E-state index >= 15 is 0 Å². The molecule has 0 N–H and O–H groups in total. The van der Waals surface area contributed by atoms with Crippen molar-refractivity contribution in [3.05, 3.63) is 48.5 Å². The third kappa shape index (κ3) is 3.74. The molecule has 0 spiro atoms. The van der Waals surface area contributed by atoms with Gasteiger partial charge in [-0.25, -0.2) is 8.42 Å². The Labute approximate surface area is 125 Å². The highest BCUT2D eigenvalue weighted by atomic mass is 32.2. The third-order valence-corrected chi connectivity index (χ3v) is 5.10. The quantitative estimate of drug-likeness (QED) is 0.835. The molecule has 0 atom stereocenters. The van der Waals surface area contributed by atoms with Crippen molar-refractivity contribution in [1.82, 2.24) is 0 Å². The van der Waals surface area contributed by atoms with Gasteiger partial charge >= 0.3 is 5.76 Å². The van der Waals surface area contributed by atoms with Crippen molar-refractivity contribution in [1.29, 1.82) is 0 Å². The lowest BCUT2D eigenvalue weighted by Crippen LogP contribution is -2.10. The highest BCUT2D eigenvalue weighted by molar-refractivity contribution is 7.99. The van der Waals surface area contributed by atoms with E-state index in [-0.39, 0.29) is 4.90 Å². The third-order valence-electron chi connectivity index (χ3n) is 2.68. The molecule has 0 bridgehead atoms. The normalized spacial score (nSPS) is 11.6. The Kier molecular flexibility index (Phi) is 4.84. The van der Waals surface area contributed by atoms with Gasteiger partial charge in [0.1, 0.15) is 5.75 Å². The summed E-state index contributed by atoms with van der Waals surface area (Å²) in [4.78, 5) is 1.31. The number of hydrogen-bond acceptors (Lipinski definition) is 4. The molecule has 0 fully saturated rings. The standard InChI is InChI=1S/C14H12F2O3S2/c1-19-10-2-4-11(5-3-10)20-12-6-8-13(9-7-12)21(17,18)14(15)16/h2-9,14H,1H3. The molecule has 21 heavy (non-hydrogen) atoms. The smallest absolute Gasteiger partial charge is 0.341 e. The number of methoxy groups -OCH3 is 1. The maximum Gasteiger partial charge on any atom is 0.341 e. The van der Waals surface area contributed by atoms with Crippen LogP contribution in [0.2, 0.25) is 0 Å². The largest absolute Gasteiger partial charge is 0.497 e. The second-order valence-corrected chi connectivity index (χ2v) is 7.12. The minimum absolute atomic E-state index is 0.378. The van der Waals surface area contributed by atoms with E-state index in [1.165, 1.54) is 36.0 Å². The van der Waals surface area contributed by atoms with Crippen LogP contribution in [0.3, 0.4) is 0 Å². The van der Waals surface area contributed by atoms with E-state index < -0.39 is 15.6 Å². The second kappa shape index (κ2) is 6.44. The van der Waals surface area contributed by atoms with Crippen LogP contribution >= 0.6 is 11.8 Å². The van der Waals surface area contributed by atoms with Gasteiger partial charge in [-0.05, 0) is 48.5 Å². The van der Waals surface area contributed by atoms with Crippen molar-refractivity contribution in [3.63, 3.8) is 0 Å². The number of halogens is 2. The monoisotopic (exact) mass is 330 g/mol. The topological polar surface area (TPSA) is 43.4 Å². The van der Waals surface area contributed by atoms with Crippen molar-refractivity contribution in [2.45, 2.75) is 20.4 Å². The first kappa shape index (κ1) is 15.8. The molecule has 2 aromatic rings. The summed E-state index contributed by atoms with van der Waals surface area (Å²) in [5.41, 5.74) is 0. The molecule has 3 nitrogen and oxygen atoms in total. The summed E-state index contributed by atoms with van der Waals surface area (Å²) in [5.74, 6) is -2.67. The molecule has 0 saturated heterocycles. The average Bonchev–Trinajstić information content (AvgIpc) is 2.48.